The molecule has 0 aliphatic heterocycles. The van der Waals surface area contributed by atoms with Crippen LogP contribution in [0.15, 0.2) is 52.1 Å². The van der Waals surface area contributed by atoms with Crippen molar-refractivity contribution in [1.82, 2.24) is 10.2 Å². The van der Waals surface area contributed by atoms with Crippen LogP contribution < -0.4 is 10.1 Å². The first-order valence-corrected chi connectivity index (χ1v) is 8.50. The molecular weight excluding hydrogens is 318 g/mol. The van der Waals surface area contributed by atoms with E-state index in [1.165, 1.54) is 5.56 Å². The van der Waals surface area contributed by atoms with Crippen molar-refractivity contribution in [3.05, 3.63) is 54.0 Å². The molecule has 136 valence electrons. The zero-order chi connectivity index (χ0) is 18.1. The number of aliphatic hydroxyl groups is 1. The van der Waals surface area contributed by atoms with Crippen molar-refractivity contribution in [3.63, 3.8) is 0 Å². The van der Waals surface area contributed by atoms with Crippen LogP contribution in [0.3, 0.4) is 0 Å². The Bertz CT molecular complexity index is 638. The van der Waals surface area contributed by atoms with E-state index in [0.29, 0.717) is 18.9 Å². The molecule has 0 aliphatic carbocycles. The van der Waals surface area contributed by atoms with Gasteiger partial charge in [-0.3, -0.25) is 0 Å². The summed E-state index contributed by atoms with van der Waals surface area (Å²) >= 11 is 0. The Balaban J connectivity index is 1.84. The van der Waals surface area contributed by atoms with Gasteiger partial charge in [-0.2, -0.15) is 0 Å². The van der Waals surface area contributed by atoms with Crippen molar-refractivity contribution in [1.29, 1.82) is 0 Å². The smallest absolute Gasteiger partial charge is 0.193 e. The molecule has 0 fully saturated rings. The summed E-state index contributed by atoms with van der Waals surface area (Å²) < 4.78 is 11.0. The molecule has 1 heterocycles. The van der Waals surface area contributed by atoms with Gasteiger partial charge in [0.15, 0.2) is 5.96 Å². The molecule has 0 saturated carbocycles. The lowest BCUT2D eigenvalue weighted by molar-refractivity contribution is 0.158. The molecule has 0 radical (unpaired) electrons. The van der Waals surface area contributed by atoms with Crippen molar-refractivity contribution < 1.29 is 14.3 Å². The first-order valence-electron chi connectivity index (χ1n) is 8.50. The summed E-state index contributed by atoms with van der Waals surface area (Å²) in [5.41, 5.74) is 1.21. The molecule has 1 atom stereocenters. The van der Waals surface area contributed by atoms with Gasteiger partial charge in [0.1, 0.15) is 24.2 Å². The molecule has 2 rings (SSSR count). The number of aliphatic imine (C=N–C) groups is 1. The maximum Gasteiger partial charge on any atom is 0.193 e. The van der Waals surface area contributed by atoms with Gasteiger partial charge in [0.25, 0.3) is 0 Å². The molecule has 25 heavy (non-hydrogen) atoms. The van der Waals surface area contributed by atoms with Crippen LogP contribution in [0.5, 0.6) is 5.75 Å². The average molecular weight is 345 g/mol. The summed E-state index contributed by atoms with van der Waals surface area (Å²) in [5.74, 6) is 2.10. The summed E-state index contributed by atoms with van der Waals surface area (Å²) in [5, 5.41) is 13.3. The molecule has 1 aromatic carbocycles. The lowest BCUT2D eigenvalue weighted by Crippen LogP contribution is -2.41. The van der Waals surface area contributed by atoms with Crippen LogP contribution in [0.4, 0.5) is 0 Å². The monoisotopic (exact) mass is 345 g/mol. The van der Waals surface area contributed by atoms with Crippen molar-refractivity contribution in [2.75, 3.05) is 33.3 Å². The predicted octanol–water partition coefficient (Wildman–Crippen LogP) is 2.60. The highest BCUT2D eigenvalue weighted by atomic mass is 16.5. The molecule has 1 unspecified atom stereocenters. The van der Waals surface area contributed by atoms with E-state index in [1.807, 2.05) is 50.1 Å². The van der Waals surface area contributed by atoms with Gasteiger partial charge in [0, 0.05) is 13.6 Å². The minimum Gasteiger partial charge on any atom is -0.492 e. The number of benzene rings is 1. The normalized spacial score (nSPS) is 12.7. The Morgan fingerprint density at radius 2 is 2.08 bits per heavy atom. The van der Waals surface area contributed by atoms with Crippen LogP contribution in [-0.4, -0.2) is 49.3 Å². The van der Waals surface area contributed by atoms with E-state index in [2.05, 4.69) is 10.3 Å². The molecule has 1 aromatic heterocycles. The molecular formula is C19H27N3O3. The van der Waals surface area contributed by atoms with Crippen LogP contribution in [0.25, 0.3) is 0 Å². The second-order valence-corrected chi connectivity index (χ2v) is 5.81. The van der Waals surface area contributed by atoms with Gasteiger partial charge in [-0.05, 0) is 38.1 Å². The molecule has 0 saturated heterocycles. The van der Waals surface area contributed by atoms with E-state index in [1.54, 1.807) is 18.4 Å². The number of furan rings is 1. The molecule has 0 amide bonds. The third-order valence-electron chi connectivity index (χ3n) is 3.70. The summed E-state index contributed by atoms with van der Waals surface area (Å²) in [6.07, 6.45) is 0.794. The van der Waals surface area contributed by atoms with Crippen LogP contribution in [0, 0.1) is 6.92 Å². The van der Waals surface area contributed by atoms with Gasteiger partial charge in [0.2, 0.25) is 0 Å². The number of nitrogens with zero attached hydrogens (tertiary/aromatic N) is 2. The summed E-state index contributed by atoms with van der Waals surface area (Å²) in [7, 11) is 1.94. The van der Waals surface area contributed by atoms with Crippen molar-refractivity contribution >= 4 is 5.96 Å². The van der Waals surface area contributed by atoms with Crippen molar-refractivity contribution in [3.8, 4) is 5.75 Å². The zero-order valence-corrected chi connectivity index (χ0v) is 15.1. The standard InChI is InChI=1S/C19H27N3O3/c1-4-20-19(21-14-17(23)18-6-5-12-25-18)22(3)11-13-24-16-9-7-15(2)8-10-16/h5-10,12,17,23H,4,11,13-14H2,1-3H3,(H,20,21). The van der Waals surface area contributed by atoms with Crippen LogP contribution >= 0.6 is 0 Å². The maximum absolute atomic E-state index is 10.1. The van der Waals surface area contributed by atoms with E-state index in [0.717, 1.165) is 18.3 Å². The average Bonchev–Trinajstić information content (AvgIpc) is 3.14. The molecule has 6 heteroatoms. The van der Waals surface area contributed by atoms with E-state index in [9.17, 15) is 5.11 Å². The quantitative estimate of drug-likeness (QED) is 0.568. The number of nitrogens with one attached hydrogen (secondary N) is 1. The second-order valence-electron chi connectivity index (χ2n) is 5.81. The van der Waals surface area contributed by atoms with Gasteiger partial charge in [-0.15, -0.1) is 0 Å². The molecule has 2 aromatic rings. The lowest BCUT2D eigenvalue weighted by atomic mass is 10.2. The molecule has 0 spiro atoms. The minimum absolute atomic E-state index is 0.235. The Labute approximate surface area is 149 Å². The Morgan fingerprint density at radius 1 is 1.32 bits per heavy atom. The number of guanidine groups is 1. The van der Waals surface area contributed by atoms with E-state index in [-0.39, 0.29) is 6.54 Å². The summed E-state index contributed by atoms with van der Waals surface area (Å²) in [6.45, 7) is 6.27. The number of aliphatic hydroxyl groups excluding tert-OH is 1. The number of likely N-dealkylation sites (N-methyl/N-ethyl adjacent to an activating group) is 1. The van der Waals surface area contributed by atoms with Crippen molar-refractivity contribution in [2.45, 2.75) is 20.0 Å². The fourth-order valence-corrected chi connectivity index (χ4v) is 2.25. The van der Waals surface area contributed by atoms with Gasteiger partial charge in [-0.1, -0.05) is 17.7 Å². The third-order valence-corrected chi connectivity index (χ3v) is 3.70. The van der Waals surface area contributed by atoms with E-state index in [4.69, 9.17) is 9.15 Å². The highest BCUT2D eigenvalue weighted by Gasteiger charge is 2.11. The van der Waals surface area contributed by atoms with Crippen LogP contribution in [0.2, 0.25) is 0 Å². The van der Waals surface area contributed by atoms with Gasteiger partial charge in [-0.25, -0.2) is 4.99 Å². The Kier molecular flexibility index (Phi) is 7.35. The largest absolute Gasteiger partial charge is 0.492 e. The molecule has 0 aliphatic rings. The number of ether oxygens (including phenoxy) is 1. The first-order chi connectivity index (χ1) is 12.1. The van der Waals surface area contributed by atoms with E-state index < -0.39 is 6.10 Å². The highest BCUT2D eigenvalue weighted by molar-refractivity contribution is 5.79. The van der Waals surface area contributed by atoms with Gasteiger partial charge >= 0.3 is 0 Å². The second kappa shape index (κ2) is 9.74. The van der Waals surface area contributed by atoms with Gasteiger partial charge in [0.05, 0.1) is 19.4 Å². The predicted molar refractivity (Wildman–Crippen MR) is 99.0 cm³/mol. The number of hydrogen-bond acceptors (Lipinski definition) is 4. The lowest BCUT2D eigenvalue weighted by Gasteiger charge is -2.22. The number of rotatable bonds is 8. The Morgan fingerprint density at radius 3 is 2.72 bits per heavy atom. The fraction of sp³-hybridized carbons (Fsp3) is 0.421. The van der Waals surface area contributed by atoms with E-state index >= 15 is 0 Å². The summed E-state index contributed by atoms with van der Waals surface area (Å²) in [4.78, 5) is 6.45. The zero-order valence-electron chi connectivity index (χ0n) is 15.1. The van der Waals surface area contributed by atoms with Crippen LogP contribution in [0.1, 0.15) is 24.4 Å². The Hall–Kier alpha value is -2.47. The van der Waals surface area contributed by atoms with Crippen molar-refractivity contribution in [2.24, 2.45) is 4.99 Å². The molecule has 2 N–H and O–H groups in total. The summed E-state index contributed by atoms with van der Waals surface area (Å²) in [6, 6.07) is 11.5. The molecule has 0 bridgehead atoms. The van der Waals surface area contributed by atoms with Crippen LogP contribution in [-0.2, 0) is 0 Å². The number of hydrogen-bond donors (Lipinski definition) is 2. The first kappa shape index (κ1) is 18.9. The van der Waals surface area contributed by atoms with Gasteiger partial charge < -0.3 is 24.5 Å². The third kappa shape index (κ3) is 6.15. The highest BCUT2D eigenvalue weighted by Crippen LogP contribution is 2.13. The molecule has 6 nitrogen and oxygen atoms in total. The number of aryl methyl sites for hydroxylation is 1. The SMILES string of the molecule is CCNC(=NCC(O)c1ccco1)N(C)CCOc1ccc(C)cc1. The fourth-order valence-electron chi connectivity index (χ4n) is 2.25. The maximum atomic E-state index is 10.1. The topological polar surface area (TPSA) is 70.2 Å². The minimum atomic E-state index is -0.749.